The highest BCUT2D eigenvalue weighted by Crippen LogP contribution is 2.31. The fraction of sp³-hybridized carbons (Fsp3) is 0.154. The number of nitrogens with one attached hydrogen (secondary N) is 1. The number of carbonyl (C=O) groups excluding carboxylic acids is 1. The predicted octanol–water partition coefficient (Wildman–Crippen LogP) is 5.44. The summed E-state index contributed by atoms with van der Waals surface area (Å²) >= 11 is 6.03. The van der Waals surface area contributed by atoms with Crippen LogP contribution in [-0.2, 0) is 13.2 Å². The van der Waals surface area contributed by atoms with Gasteiger partial charge >= 0.3 is 6.18 Å². The van der Waals surface area contributed by atoms with Crippen molar-refractivity contribution in [3.63, 3.8) is 0 Å². The van der Waals surface area contributed by atoms with Crippen molar-refractivity contribution in [1.82, 2.24) is 24.6 Å². The molecule has 0 saturated carbocycles. The van der Waals surface area contributed by atoms with Gasteiger partial charge in [0.1, 0.15) is 5.52 Å². The average molecular weight is 526 g/mol. The van der Waals surface area contributed by atoms with E-state index in [0.29, 0.717) is 32.7 Å². The Morgan fingerprint density at radius 1 is 1.05 bits per heavy atom. The summed E-state index contributed by atoms with van der Waals surface area (Å²) in [6, 6.07) is 11.9. The lowest BCUT2D eigenvalue weighted by atomic mass is 10.1. The van der Waals surface area contributed by atoms with Crippen LogP contribution in [0, 0.1) is 0 Å². The summed E-state index contributed by atoms with van der Waals surface area (Å²) in [5, 5.41) is 8.54. The molecule has 37 heavy (non-hydrogen) atoms. The molecular formula is C26H19ClF3N5O2. The van der Waals surface area contributed by atoms with E-state index in [2.05, 4.69) is 15.4 Å². The Morgan fingerprint density at radius 2 is 1.78 bits per heavy atom. The number of benzene rings is 2. The molecular weight excluding hydrogens is 507 g/mol. The Labute approximate surface area is 213 Å². The van der Waals surface area contributed by atoms with Crippen LogP contribution in [0.3, 0.4) is 0 Å². The largest absolute Gasteiger partial charge is 0.416 e. The molecule has 3 heterocycles. The lowest BCUT2D eigenvalue weighted by Gasteiger charge is -2.15. The van der Waals surface area contributed by atoms with E-state index in [1.807, 2.05) is 0 Å². The van der Waals surface area contributed by atoms with Gasteiger partial charge in [0.05, 0.1) is 28.2 Å². The van der Waals surface area contributed by atoms with Crippen molar-refractivity contribution in [3.05, 3.63) is 99.2 Å². The molecule has 0 aliphatic rings. The van der Waals surface area contributed by atoms with Gasteiger partial charge in [-0.3, -0.25) is 23.8 Å². The normalized spacial score (nSPS) is 12.7. The molecule has 0 saturated heterocycles. The second-order valence-corrected chi connectivity index (χ2v) is 9.01. The molecule has 0 bridgehead atoms. The molecule has 0 unspecified atom stereocenters. The molecule has 0 aliphatic heterocycles. The Balaban J connectivity index is 1.62. The maximum atomic E-state index is 13.4. The van der Waals surface area contributed by atoms with Gasteiger partial charge in [0.15, 0.2) is 0 Å². The van der Waals surface area contributed by atoms with Crippen molar-refractivity contribution < 1.29 is 18.0 Å². The molecule has 7 nitrogen and oxygen atoms in total. The second kappa shape index (κ2) is 9.04. The number of carbonyl (C=O) groups is 1. The minimum absolute atomic E-state index is 0.256. The predicted molar refractivity (Wildman–Crippen MR) is 134 cm³/mol. The molecule has 1 N–H and O–H groups in total. The van der Waals surface area contributed by atoms with E-state index in [4.69, 9.17) is 11.6 Å². The summed E-state index contributed by atoms with van der Waals surface area (Å²) in [5.74, 6) is -0.382. The van der Waals surface area contributed by atoms with Gasteiger partial charge in [-0.1, -0.05) is 11.6 Å². The maximum Gasteiger partial charge on any atom is 0.416 e. The molecule has 2 aromatic carbocycles. The van der Waals surface area contributed by atoms with Crippen molar-refractivity contribution in [2.45, 2.75) is 19.1 Å². The first kappa shape index (κ1) is 24.5. The maximum absolute atomic E-state index is 13.4. The van der Waals surface area contributed by atoms with Crippen LogP contribution in [0.4, 0.5) is 13.2 Å². The van der Waals surface area contributed by atoms with E-state index in [1.54, 1.807) is 50.5 Å². The third-order valence-corrected chi connectivity index (χ3v) is 6.24. The number of halogens is 4. The smallest absolute Gasteiger partial charge is 0.344 e. The number of hydrogen-bond donors (Lipinski definition) is 1. The Hall–Kier alpha value is -4.18. The quantitative estimate of drug-likeness (QED) is 0.339. The zero-order valence-corrected chi connectivity index (χ0v) is 20.3. The van der Waals surface area contributed by atoms with Crippen LogP contribution in [0.5, 0.6) is 0 Å². The minimum Gasteiger partial charge on any atom is -0.344 e. The Kier molecular flexibility index (Phi) is 5.99. The molecule has 5 rings (SSSR count). The van der Waals surface area contributed by atoms with Gasteiger partial charge in [-0.15, -0.1) is 0 Å². The Morgan fingerprint density at radius 3 is 2.46 bits per heavy atom. The lowest BCUT2D eigenvalue weighted by Crippen LogP contribution is -2.27. The van der Waals surface area contributed by atoms with Crippen molar-refractivity contribution in [1.29, 1.82) is 0 Å². The SMILES string of the molecule is C[C@@H](NC(=O)c1ccc2c(c1)c1nn(C)cc1c(=O)n2-c1ccc(C(F)(F)F)cc1)c1cc(Cl)ccn1. The van der Waals surface area contributed by atoms with Crippen LogP contribution in [0.2, 0.25) is 5.02 Å². The molecule has 0 aliphatic carbocycles. The van der Waals surface area contributed by atoms with Gasteiger partial charge in [-0.25, -0.2) is 0 Å². The van der Waals surface area contributed by atoms with Crippen molar-refractivity contribution in [2.75, 3.05) is 0 Å². The number of rotatable bonds is 4. The third kappa shape index (κ3) is 4.55. The zero-order chi connectivity index (χ0) is 26.5. The average Bonchev–Trinajstić information content (AvgIpc) is 3.26. The summed E-state index contributed by atoms with van der Waals surface area (Å²) in [6.45, 7) is 1.77. The Bertz CT molecular complexity index is 1730. The fourth-order valence-electron chi connectivity index (χ4n) is 4.20. The van der Waals surface area contributed by atoms with Crippen molar-refractivity contribution >= 4 is 39.3 Å². The number of pyridine rings is 2. The van der Waals surface area contributed by atoms with Crippen molar-refractivity contribution in [2.24, 2.45) is 7.05 Å². The van der Waals surface area contributed by atoms with Crippen LogP contribution >= 0.6 is 11.6 Å². The van der Waals surface area contributed by atoms with Crippen LogP contribution in [0.25, 0.3) is 27.5 Å². The number of aryl methyl sites for hydroxylation is 1. The standard InChI is InChI=1S/C26H19ClF3N5O2/c1-14(21-12-17(27)9-10-31-21)32-24(36)15-3-8-22-19(11-15)23-20(13-34(2)33-23)25(37)35(22)18-6-4-16(5-7-18)26(28,29)30/h3-14H,1-2H3,(H,32,36)/t14-/m1/s1. The monoisotopic (exact) mass is 525 g/mol. The molecule has 11 heteroatoms. The van der Waals surface area contributed by atoms with Gasteiger partial charge in [0.25, 0.3) is 11.5 Å². The number of aromatic nitrogens is 4. The van der Waals surface area contributed by atoms with E-state index in [0.717, 1.165) is 12.1 Å². The molecule has 5 aromatic rings. The highest BCUT2D eigenvalue weighted by Gasteiger charge is 2.30. The number of alkyl halides is 3. The molecule has 188 valence electrons. The van der Waals surface area contributed by atoms with Gasteiger partial charge < -0.3 is 5.32 Å². The summed E-state index contributed by atoms with van der Waals surface area (Å²) in [6.07, 6.45) is -1.41. The highest BCUT2D eigenvalue weighted by molar-refractivity contribution is 6.30. The molecule has 3 aromatic heterocycles. The van der Waals surface area contributed by atoms with Crippen LogP contribution in [-0.4, -0.2) is 25.2 Å². The number of amides is 1. The number of nitrogens with zero attached hydrogens (tertiary/aromatic N) is 4. The number of hydrogen-bond acceptors (Lipinski definition) is 4. The summed E-state index contributed by atoms with van der Waals surface area (Å²) < 4.78 is 42.0. The number of fused-ring (bicyclic) bond motifs is 3. The van der Waals surface area contributed by atoms with Crippen molar-refractivity contribution in [3.8, 4) is 5.69 Å². The summed E-state index contributed by atoms with van der Waals surface area (Å²) in [4.78, 5) is 30.7. The topological polar surface area (TPSA) is 81.8 Å². The second-order valence-electron chi connectivity index (χ2n) is 8.58. The van der Waals surface area contributed by atoms with E-state index in [1.165, 1.54) is 27.6 Å². The first-order chi connectivity index (χ1) is 17.5. The van der Waals surface area contributed by atoms with E-state index < -0.39 is 23.3 Å². The minimum atomic E-state index is -4.50. The molecule has 0 spiro atoms. The molecule has 1 amide bonds. The molecule has 0 radical (unpaired) electrons. The van der Waals surface area contributed by atoms with Gasteiger partial charge in [0.2, 0.25) is 0 Å². The van der Waals surface area contributed by atoms with Crippen LogP contribution < -0.4 is 10.9 Å². The van der Waals surface area contributed by atoms with Crippen LogP contribution in [0.15, 0.2) is 71.8 Å². The van der Waals surface area contributed by atoms with E-state index in [-0.39, 0.29) is 17.0 Å². The van der Waals surface area contributed by atoms with Gasteiger partial charge in [-0.2, -0.15) is 18.3 Å². The lowest BCUT2D eigenvalue weighted by molar-refractivity contribution is -0.137. The van der Waals surface area contributed by atoms with E-state index in [9.17, 15) is 22.8 Å². The van der Waals surface area contributed by atoms with Gasteiger partial charge in [0, 0.05) is 41.1 Å². The first-order valence-corrected chi connectivity index (χ1v) is 11.5. The zero-order valence-electron chi connectivity index (χ0n) is 19.5. The molecule has 1 atom stereocenters. The third-order valence-electron chi connectivity index (χ3n) is 6.00. The molecule has 0 fully saturated rings. The summed E-state index contributed by atoms with van der Waals surface area (Å²) in [7, 11) is 1.66. The van der Waals surface area contributed by atoms with Gasteiger partial charge in [-0.05, 0) is 61.5 Å². The van der Waals surface area contributed by atoms with Crippen LogP contribution in [0.1, 0.15) is 34.6 Å². The highest BCUT2D eigenvalue weighted by atomic mass is 35.5. The van der Waals surface area contributed by atoms with E-state index >= 15 is 0 Å². The first-order valence-electron chi connectivity index (χ1n) is 11.1. The summed E-state index contributed by atoms with van der Waals surface area (Å²) in [5.41, 5.74) is 0.677. The fourth-order valence-corrected chi connectivity index (χ4v) is 4.37.